The number of nitrogens with zero attached hydrogens (tertiary/aromatic N) is 1. The van der Waals surface area contributed by atoms with Crippen molar-refractivity contribution in [3.63, 3.8) is 0 Å². The van der Waals surface area contributed by atoms with E-state index in [1.165, 1.54) is 5.01 Å². The number of carbonyl (C=O) groups excluding carboxylic acids is 2. The summed E-state index contributed by atoms with van der Waals surface area (Å²) in [5.74, 6) is -0.682. The number of hydrazine groups is 1. The van der Waals surface area contributed by atoms with Gasteiger partial charge in [-0.15, -0.1) is 0 Å². The average molecular weight is 338 g/mol. The van der Waals surface area contributed by atoms with E-state index >= 15 is 0 Å². The maximum Gasteiger partial charge on any atom is 0.279 e. The van der Waals surface area contributed by atoms with Crippen LogP contribution in [0, 0.1) is 13.8 Å². The van der Waals surface area contributed by atoms with Gasteiger partial charge in [0.05, 0.1) is 14.0 Å². The van der Waals surface area contributed by atoms with Gasteiger partial charge in [0, 0.05) is 6.54 Å². The second-order valence-electron chi connectivity index (χ2n) is 4.96. The molecule has 2 amide bonds. The number of likely N-dealkylation sites (N-methyl/N-ethyl adjacent to an activating group) is 1. The van der Waals surface area contributed by atoms with Crippen molar-refractivity contribution in [1.82, 2.24) is 10.4 Å². The predicted molar refractivity (Wildman–Crippen MR) is 83.5 cm³/mol. The summed E-state index contributed by atoms with van der Waals surface area (Å²) < 4.78 is 0.476. The number of hydrogen-bond donors (Lipinski definition) is 3. The molecule has 2 aliphatic heterocycles. The van der Waals surface area contributed by atoms with Crippen LogP contribution in [0.4, 0.5) is 0 Å². The molecule has 0 aromatic heterocycles. The molecule has 0 radical (unpaired) electrons. The van der Waals surface area contributed by atoms with Crippen LogP contribution in [-0.4, -0.2) is 33.6 Å². The molecule has 6 nitrogen and oxygen atoms in total. The van der Waals surface area contributed by atoms with E-state index < -0.39 is 5.91 Å². The SMILES string of the molecule is CCN1NC(=O)C(=C2Sc3c(O)c(C)c(C)c(O)c3S2)C1=O. The van der Waals surface area contributed by atoms with Crippen molar-refractivity contribution in [2.75, 3.05) is 6.54 Å². The van der Waals surface area contributed by atoms with Gasteiger partial charge in [-0.1, -0.05) is 23.5 Å². The Hall–Kier alpha value is -1.80. The van der Waals surface area contributed by atoms with Gasteiger partial charge in [0.1, 0.15) is 17.1 Å². The quantitative estimate of drug-likeness (QED) is 0.412. The molecule has 116 valence electrons. The van der Waals surface area contributed by atoms with Crippen molar-refractivity contribution in [1.29, 1.82) is 0 Å². The molecule has 0 bridgehead atoms. The van der Waals surface area contributed by atoms with Crippen LogP contribution < -0.4 is 5.43 Å². The topological polar surface area (TPSA) is 89.9 Å². The van der Waals surface area contributed by atoms with Gasteiger partial charge in [0.15, 0.2) is 0 Å². The predicted octanol–water partition coefficient (Wildman–Crippen LogP) is 2.02. The van der Waals surface area contributed by atoms with E-state index in [0.29, 0.717) is 31.7 Å². The second kappa shape index (κ2) is 5.13. The third-order valence-electron chi connectivity index (χ3n) is 3.74. The molecule has 1 aromatic rings. The highest BCUT2D eigenvalue weighted by Gasteiger charge is 2.39. The number of nitrogens with one attached hydrogen (secondary N) is 1. The first-order chi connectivity index (χ1) is 10.4. The highest BCUT2D eigenvalue weighted by molar-refractivity contribution is 8.25. The number of aromatic hydroxyl groups is 2. The van der Waals surface area contributed by atoms with Gasteiger partial charge >= 0.3 is 0 Å². The van der Waals surface area contributed by atoms with Crippen LogP contribution in [0.15, 0.2) is 19.6 Å². The number of phenols is 2. The van der Waals surface area contributed by atoms with Gasteiger partial charge in [0.25, 0.3) is 11.8 Å². The van der Waals surface area contributed by atoms with Gasteiger partial charge in [-0.2, -0.15) is 0 Å². The Bertz CT molecular complexity index is 719. The molecule has 3 N–H and O–H groups in total. The van der Waals surface area contributed by atoms with Crippen molar-refractivity contribution >= 4 is 35.3 Å². The highest BCUT2D eigenvalue weighted by Crippen LogP contribution is 2.60. The molecule has 8 heteroatoms. The third-order valence-corrected chi connectivity index (χ3v) is 6.35. The summed E-state index contributed by atoms with van der Waals surface area (Å²) in [6.45, 7) is 5.57. The number of carbonyl (C=O) groups is 2. The Morgan fingerprint density at radius 1 is 1.05 bits per heavy atom. The average Bonchev–Trinajstić information content (AvgIpc) is 3.04. The highest BCUT2D eigenvalue weighted by atomic mass is 32.2. The molecule has 0 saturated carbocycles. The lowest BCUT2D eigenvalue weighted by Crippen LogP contribution is -2.35. The lowest BCUT2D eigenvalue weighted by Gasteiger charge is -2.10. The number of phenolic OH excluding ortho intramolecular Hbond substituents is 2. The van der Waals surface area contributed by atoms with Crippen LogP contribution in [0.25, 0.3) is 0 Å². The molecule has 0 unspecified atom stereocenters. The van der Waals surface area contributed by atoms with Crippen LogP contribution >= 0.6 is 23.5 Å². The van der Waals surface area contributed by atoms with Crippen LogP contribution in [0.2, 0.25) is 0 Å². The van der Waals surface area contributed by atoms with Crippen molar-refractivity contribution < 1.29 is 19.8 Å². The first-order valence-electron chi connectivity index (χ1n) is 6.64. The summed E-state index contributed by atoms with van der Waals surface area (Å²) in [7, 11) is 0. The molecule has 1 fully saturated rings. The largest absolute Gasteiger partial charge is 0.506 e. The van der Waals surface area contributed by atoms with Crippen molar-refractivity contribution in [2.45, 2.75) is 30.6 Å². The Morgan fingerprint density at radius 3 is 1.95 bits per heavy atom. The number of hydrogen-bond acceptors (Lipinski definition) is 6. The lowest BCUT2D eigenvalue weighted by molar-refractivity contribution is -0.127. The minimum absolute atomic E-state index is 0.0576. The van der Waals surface area contributed by atoms with Crippen LogP contribution in [0.3, 0.4) is 0 Å². The fourth-order valence-electron chi connectivity index (χ4n) is 2.27. The fraction of sp³-hybridized carbons (Fsp3) is 0.286. The number of thioether (sulfide) groups is 2. The van der Waals surface area contributed by atoms with Crippen molar-refractivity contribution in [3.05, 3.63) is 20.9 Å². The van der Waals surface area contributed by atoms with Gasteiger partial charge in [-0.05, 0) is 31.9 Å². The summed E-state index contributed by atoms with van der Waals surface area (Å²) in [6.07, 6.45) is 0. The Labute approximate surface area is 135 Å². The Balaban J connectivity index is 2.11. The van der Waals surface area contributed by atoms with Crippen molar-refractivity contribution in [3.8, 4) is 11.5 Å². The number of benzene rings is 1. The maximum atomic E-state index is 12.2. The number of fused-ring (bicyclic) bond motifs is 1. The van der Waals surface area contributed by atoms with Gasteiger partial charge in [0.2, 0.25) is 0 Å². The van der Waals surface area contributed by atoms with E-state index in [1.807, 2.05) is 0 Å². The number of amides is 2. The summed E-state index contributed by atoms with van der Waals surface area (Å²) in [5, 5.41) is 21.7. The summed E-state index contributed by atoms with van der Waals surface area (Å²) in [4.78, 5) is 25.2. The summed E-state index contributed by atoms with van der Waals surface area (Å²) in [6, 6.07) is 0. The molecule has 2 aliphatic rings. The maximum absolute atomic E-state index is 12.2. The monoisotopic (exact) mass is 338 g/mol. The van der Waals surface area contributed by atoms with E-state index in [2.05, 4.69) is 5.43 Å². The summed E-state index contributed by atoms with van der Waals surface area (Å²) >= 11 is 2.28. The molecule has 3 rings (SSSR count). The second-order valence-corrected chi connectivity index (χ2v) is 7.26. The van der Waals surface area contributed by atoms with E-state index in [0.717, 1.165) is 23.5 Å². The molecule has 2 heterocycles. The van der Waals surface area contributed by atoms with Crippen LogP contribution in [-0.2, 0) is 9.59 Å². The zero-order valence-corrected chi connectivity index (χ0v) is 13.8. The van der Waals surface area contributed by atoms with Crippen LogP contribution in [0.5, 0.6) is 11.5 Å². The summed E-state index contributed by atoms with van der Waals surface area (Å²) in [5.41, 5.74) is 3.73. The van der Waals surface area contributed by atoms with E-state index in [4.69, 9.17) is 0 Å². The first-order valence-corrected chi connectivity index (χ1v) is 8.28. The van der Waals surface area contributed by atoms with Crippen molar-refractivity contribution in [2.24, 2.45) is 0 Å². The standard InChI is InChI=1S/C14H14N2O4S2/c1-4-16-13(20)7(12(19)15-16)14-21-10-8(17)5(2)6(3)9(18)11(10)22-14/h17-18H,4H2,1-3H3,(H,15,19). The zero-order chi connectivity index (χ0) is 16.2. The first kappa shape index (κ1) is 15.1. The molecule has 1 aromatic carbocycles. The van der Waals surface area contributed by atoms with E-state index in [1.54, 1.807) is 20.8 Å². The molecule has 0 atom stereocenters. The smallest absolute Gasteiger partial charge is 0.279 e. The lowest BCUT2D eigenvalue weighted by atomic mass is 10.1. The zero-order valence-electron chi connectivity index (χ0n) is 12.2. The minimum Gasteiger partial charge on any atom is -0.506 e. The minimum atomic E-state index is -0.456. The molecule has 0 aliphatic carbocycles. The molecule has 22 heavy (non-hydrogen) atoms. The van der Waals surface area contributed by atoms with E-state index in [9.17, 15) is 19.8 Å². The molecular formula is C14H14N2O4S2. The number of rotatable bonds is 1. The van der Waals surface area contributed by atoms with Gasteiger partial charge in [-0.25, -0.2) is 5.01 Å². The molecule has 0 spiro atoms. The van der Waals surface area contributed by atoms with Gasteiger partial charge in [-0.3, -0.25) is 15.0 Å². The fourth-order valence-corrected chi connectivity index (χ4v) is 5.00. The molecular weight excluding hydrogens is 324 g/mol. The van der Waals surface area contributed by atoms with E-state index in [-0.39, 0.29) is 23.0 Å². The van der Waals surface area contributed by atoms with Gasteiger partial charge < -0.3 is 10.2 Å². The third kappa shape index (κ3) is 1.98. The Kier molecular flexibility index (Phi) is 3.53. The molecule has 1 saturated heterocycles. The normalized spacial score (nSPS) is 17.3. The Morgan fingerprint density at radius 2 is 1.55 bits per heavy atom. The van der Waals surface area contributed by atoms with Crippen LogP contribution in [0.1, 0.15) is 18.1 Å².